The number of carbonyl (C=O) groups excluding carboxylic acids is 2. The van der Waals surface area contributed by atoms with E-state index in [1.807, 2.05) is 0 Å². The molecule has 0 aromatic heterocycles. The van der Waals surface area contributed by atoms with Crippen LogP contribution >= 0.6 is 19.8 Å². The first-order valence-electron chi connectivity index (χ1n) is 7.22. The van der Waals surface area contributed by atoms with Gasteiger partial charge in [0.2, 0.25) is 5.75 Å². The molecule has 1 aromatic carbocycles. The average Bonchev–Trinajstić information content (AvgIpc) is 2.48. The van der Waals surface area contributed by atoms with E-state index in [0.717, 1.165) is 0 Å². The number of rotatable bonds is 7. The van der Waals surface area contributed by atoms with Gasteiger partial charge in [-0.1, -0.05) is 28.5 Å². The number of hydrogen-bond donors (Lipinski definition) is 0. The molecule has 0 aliphatic heterocycles. The minimum Gasteiger partial charge on any atom is -0.575 e. The van der Waals surface area contributed by atoms with Crippen LogP contribution in [0.5, 0.6) is 5.75 Å². The van der Waals surface area contributed by atoms with E-state index in [-0.39, 0.29) is 16.9 Å². The van der Waals surface area contributed by atoms with Gasteiger partial charge in [0.1, 0.15) is 0 Å². The van der Waals surface area contributed by atoms with E-state index < -0.39 is 32.3 Å². The molecule has 7 nitrogen and oxygen atoms in total. The van der Waals surface area contributed by atoms with Crippen LogP contribution in [0.4, 0.5) is 0 Å². The zero-order valence-electron chi connectivity index (χ0n) is 13.8. The number of carbonyl (C=O) groups is 2. The fourth-order valence-electron chi connectivity index (χ4n) is 1.46. The lowest BCUT2D eigenvalue weighted by Crippen LogP contribution is -2.31. The molecule has 0 aliphatic rings. The summed E-state index contributed by atoms with van der Waals surface area (Å²) >= 11 is 5.87. The first kappa shape index (κ1) is 20.4. The van der Waals surface area contributed by atoms with Gasteiger partial charge in [-0.3, -0.25) is 4.52 Å². The van der Waals surface area contributed by atoms with E-state index in [9.17, 15) is 14.5 Å². The molecule has 0 amide bonds. The Labute approximate surface area is 146 Å². The molecule has 0 radical (unpaired) electrons. The van der Waals surface area contributed by atoms with Gasteiger partial charge < -0.3 is 14.4 Å². The van der Waals surface area contributed by atoms with Crippen LogP contribution in [0.3, 0.4) is 0 Å². The van der Waals surface area contributed by atoms with Crippen molar-refractivity contribution in [3.8, 4) is 5.75 Å². The Bertz CT molecular complexity index is 622. The van der Waals surface area contributed by atoms with Crippen LogP contribution in [-0.2, 0) is 19.1 Å². The zero-order chi connectivity index (χ0) is 18.3. The molecule has 0 bridgehead atoms. The minimum absolute atomic E-state index is 0.193. The molecule has 0 saturated heterocycles. The number of ether oxygens (including phenoxy) is 2. The van der Waals surface area contributed by atoms with Crippen molar-refractivity contribution in [1.82, 2.24) is 0 Å². The predicted molar refractivity (Wildman–Crippen MR) is 87.7 cm³/mol. The van der Waals surface area contributed by atoms with Gasteiger partial charge >= 0.3 is 20.1 Å². The van der Waals surface area contributed by atoms with E-state index in [0.29, 0.717) is 0 Å². The van der Waals surface area contributed by atoms with Gasteiger partial charge in [-0.25, -0.2) is 9.59 Å². The second kappa shape index (κ2) is 9.57. The van der Waals surface area contributed by atoms with E-state index >= 15 is 0 Å². The summed E-state index contributed by atoms with van der Waals surface area (Å²) in [5.74, 6) is -1.28. The number of benzene rings is 1. The molecule has 0 saturated carbocycles. The van der Waals surface area contributed by atoms with E-state index in [2.05, 4.69) is 4.74 Å². The van der Waals surface area contributed by atoms with Crippen LogP contribution in [0, 0.1) is 0 Å². The Hall–Kier alpha value is -1.69. The monoisotopic (exact) mass is 375 g/mol. The summed E-state index contributed by atoms with van der Waals surface area (Å²) in [7, 11) is -2.53. The van der Waals surface area contributed by atoms with Crippen molar-refractivity contribution < 1.29 is 28.5 Å². The number of esters is 2. The molecule has 1 rings (SSSR count). The van der Waals surface area contributed by atoms with Crippen LogP contribution in [0.2, 0.25) is 5.02 Å². The lowest BCUT2D eigenvalue weighted by atomic mass is 10.3. The highest BCUT2D eigenvalue weighted by Crippen LogP contribution is 2.30. The van der Waals surface area contributed by atoms with Crippen molar-refractivity contribution >= 4 is 31.7 Å². The first-order valence-corrected chi connectivity index (χ1v) is 8.73. The molecule has 3 atom stereocenters. The third-order valence-electron chi connectivity index (χ3n) is 2.60. The Morgan fingerprint density at radius 1 is 1.12 bits per heavy atom. The summed E-state index contributed by atoms with van der Waals surface area (Å²) in [6.07, 6.45) is -1.40. The maximum Gasteiger partial charge on any atom is 0.395 e. The number of nitrogens with zero attached hydrogens (tertiary/aromatic N) is 1. The highest BCUT2D eigenvalue weighted by Gasteiger charge is 2.25. The van der Waals surface area contributed by atoms with Gasteiger partial charge in [0.05, 0.1) is 11.1 Å². The third-order valence-corrected chi connectivity index (χ3v) is 3.80. The summed E-state index contributed by atoms with van der Waals surface area (Å²) in [5, 5.41) is 0.274. The van der Waals surface area contributed by atoms with Gasteiger partial charge in [0, 0.05) is 0 Å². The molecule has 0 heterocycles. The maximum atomic E-state index is 11.9. The van der Waals surface area contributed by atoms with Crippen molar-refractivity contribution in [2.75, 3.05) is 0 Å². The molecule has 132 valence electrons. The van der Waals surface area contributed by atoms with Crippen molar-refractivity contribution in [3.05, 3.63) is 29.3 Å². The molecular formula is C15H19ClNO6P. The second-order valence-corrected chi connectivity index (χ2v) is 6.41. The van der Waals surface area contributed by atoms with Gasteiger partial charge in [-0.05, 0) is 39.8 Å². The third kappa shape index (κ3) is 6.83. The first-order chi connectivity index (χ1) is 11.2. The van der Waals surface area contributed by atoms with Crippen molar-refractivity contribution in [2.24, 2.45) is 4.74 Å². The van der Waals surface area contributed by atoms with Gasteiger partial charge in [-0.2, -0.15) is 0 Å². The molecule has 1 aromatic rings. The number of halogens is 1. The summed E-state index contributed by atoms with van der Waals surface area (Å²) < 4.78 is 18.6. The van der Waals surface area contributed by atoms with Gasteiger partial charge in [0.25, 0.3) is 0 Å². The van der Waals surface area contributed by atoms with Crippen LogP contribution in [-0.4, -0.2) is 30.2 Å². The normalized spacial score (nSPS) is 14.0. The molecule has 0 fully saturated rings. The summed E-state index contributed by atoms with van der Waals surface area (Å²) in [6, 6.07) is 5.37. The van der Waals surface area contributed by atoms with E-state index in [4.69, 9.17) is 25.6 Å². The smallest absolute Gasteiger partial charge is 0.395 e. The summed E-state index contributed by atoms with van der Waals surface area (Å²) in [5.41, 5.74) is 0. The quantitative estimate of drug-likeness (QED) is 0.537. The maximum absolute atomic E-state index is 11.9. The zero-order valence-corrected chi connectivity index (χ0v) is 15.4. The Morgan fingerprint density at radius 2 is 1.75 bits per heavy atom. The number of hydrogen-bond acceptors (Lipinski definition) is 7. The molecule has 0 aliphatic carbocycles. The van der Waals surface area contributed by atoms with Crippen LogP contribution in [0.1, 0.15) is 27.7 Å². The fourth-order valence-corrected chi connectivity index (χ4v) is 2.44. The number of para-hydroxylation sites is 1. The molecule has 0 N–H and O–H groups in total. The fraction of sp³-hybridized carbons (Fsp3) is 0.467. The summed E-state index contributed by atoms with van der Waals surface area (Å²) in [6.45, 7) is 6.13. The molecular weight excluding hydrogens is 357 g/mol. The van der Waals surface area contributed by atoms with E-state index in [1.165, 1.54) is 19.9 Å². The van der Waals surface area contributed by atoms with E-state index in [1.54, 1.807) is 32.0 Å². The van der Waals surface area contributed by atoms with Crippen molar-refractivity contribution in [2.45, 2.75) is 45.9 Å². The van der Waals surface area contributed by atoms with Crippen LogP contribution in [0.25, 0.3) is 0 Å². The standard InChI is InChI=1S/C15H19ClNO6P/c1-9(2)21-15(19)11(4)22-14(18)10(3)17-24(20)23-13-8-6-5-7-12(13)16/h5-11H,1-4H3/t10-,11-/m0/s1. The highest BCUT2D eigenvalue weighted by molar-refractivity contribution is 7.34. The van der Waals surface area contributed by atoms with Crippen LogP contribution < -0.4 is 9.42 Å². The predicted octanol–water partition coefficient (Wildman–Crippen LogP) is 2.85. The minimum atomic E-state index is -2.53. The van der Waals surface area contributed by atoms with Gasteiger partial charge in [-0.15, -0.1) is 0 Å². The Kier molecular flexibility index (Phi) is 8.11. The molecule has 1 unspecified atom stereocenters. The average molecular weight is 376 g/mol. The SMILES string of the molecule is CC(C)OC(=O)[C@H](C)OC(=O)[C@H](C)N=[P+]([O-])Oc1ccccc1Cl. The Morgan fingerprint density at radius 3 is 2.33 bits per heavy atom. The lowest BCUT2D eigenvalue weighted by Gasteiger charge is -2.15. The van der Waals surface area contributed by atoms with Crippen LogP contribution in [0.15, 0.2) is 29.0 Å². The largest absolute Gasteiger partial charge is 0.575 e. The Balaban J connectivity index is 2.62. The molecule has 24 heavy (non-hydrogen) atoms. The topological polar surface area (TPSA) is 97.3 Å². The summed E-state index contributed by atoms with van der Waals surface area (Å²) in [4.78, 5) is 35.3. The second-order valence-electron chi connectivity index (χ2n) is 5.12. The van der Waals surface area contributed by atoms with Crippen molar-refractivity contribution in [1.29, 1.82) is 0 Å². The highest BCUT2D eigenvalue weighted by atomic mass is 35.5. The lowest BCUT2D eigenvalue weighted by molar-refractivity contribution is -0.172. The van der Waals surface area contributed by atoms with Gasteiger partial charge in [0.15, 0.2) is 12.1 Å². The van der Waals surface area contributed by atoms with Crippen molar-refractivity contribution in [3.63, 3.8) is 0 Å². The molecule has 9 heteroatoms. The molecule has 0 spiro atoms.